The van der Waals surface area contributed by atoms with E-state index in [4.69, 9.17) is 17.3 Å². The second kappa shape index (κ2) is 4.47. The van der Waals surface area contributed by atoms with Gasteiger partial charge in [0.25, 0.3) is 0 Å². The van der Waals surface area contributed by atoms with Gasteiger partial charge in [-0.2, -0.15) is 5.10 Å². The maximum Gasteiger partial charge on any atom is 0.149 e. The van der Waals surface area contributed by atoms with Gasteiger partial charge >= 0.3 is 0 Å². The van der Waals surface area contributed by atoms with E-state index in [0.29, 0.717) is 10.8 Å². The molecule has 1 aromatic carbocycles. The van der Waals surface area contributed by atoms with E-state index in [9.17, 15) is 0 Å². The van der Waals surface area contributed by atoms with E-state index in [0.717, 1.165) is 27.7 Å². The summed E-state index contributed by atoms with van der Waals surface area (Å²) in [6.07, 6.45) is 0.839. The summed E-state index contributed by atoms with van der Waals surface area (Å²) in [4.78, 5) is 0. The Morgan fingerprint density at radius 2 is 2.25 bits per heavy atom. The van der Waals surface area contributed by atoms with Crippen molar-refractivity contribution in [3.8, 4) is 11.3 Å². The second-order valence-electron chi connectivity index (χ2n) is 3.44. The molecule has 0 spiro atoms. The molecular weight excluding hydrogens is 289 g/mol. The van der Waals surface area contributed by atoms with Crippen LogP contribution in [0.2, 0.25) is 5.02 Å². The average molecular weight is 301 g/mol. The van der Waals surface area contributed by atoms with Crippen molar-refractivity contribution in [3.63, 3.8) is 0 Å². The maximum absolute atomic E-state index is 6.05. The fourth-order valence-electron chi connectivity index (χ4n) is 1.63. The summed E-state index contributed by atoms with van der Waals surface area (Å²) >= 11 is 9.41. The zero-order valence-electron chi connectivity index (χ0n) is 8.72. The molecule has 2 rings (SSSR count). The van der Waals surface area contributed by atoms with Crippen molar-refractivity contribution in [2.45, 2.75) is 13.3 Å². The van der Waals surface area contributed by atoms with E-state index in [-0.39, 0.29) is 0 Å². The van der Waals surface area contributed by atoms with E-state index in [1.165, 1.54) is 0 Å². The molecule has 2 aromatic rings. The molecule has 1 aromatic heterocycles. The Morgan fingerprint density at radius 1 is 1.50 bits per heavy atom. The number of anilines is 1. The number of nitrogens with two attached hydrogens (primary N) is 1. The first kappa shape index (κ1) is 11.5. The molecule has 0 bridgehead atoms. The Hall–Kier alpha value is -1.000. The van der Waals surface area contributed by atoms with Crippen LogP contribution in [0, 0.1) is 0 Å². The van der Waals surface area contributed by atoms with Gasteiger partial charge in [0, 0.05) is 15.6 Å². The summed E-state index contributed by atoms with van der Waals surface area (Å²) in [7, 11) is 0. The van der Waals surface area contributed by atoms with Gasteiger partial charge < -0.3 is 5.73 Å². The molecule has 0 fully saturated rings. The van der Waals surface area contributed by atoms with Crippen molar-refractivity contribution in [3.05, 3.63) is 33.3 Å². The minimum Gasteiger partial charge on any atom is -0.382 e. The molecule has 0 aliphatic heterocycles. The highest BCUT2D eigenvalue weighted by Crippen LogP contribution is 2.31. The number of hydrogen-bond donors (Lipinski definition) is 2. The predicted octanol–water partition coefficient (Wildman–Crippen LogP) is 3.64. The van der Waals surface area contributed by atoms with Gasteiger partial charge in [0.2, 0.25) is 0 Å². The van der Waals surface area contributed by atoms with Gasteiger partial charge in [-0.25, -0.2) is 0 Å². The third-order valence-electron chi connectivity index (χ3n) is 2.46. The average Bonchev–Trinajstić information content (AvgIpc) is 2.63. The highest BCUT2D eigenvalue weighted by atomic mass is 79.9. The number of aromatic nitrogens is 2. The Kier molecular flexibility index (Phi) is 3.21. The molecule has 0 aliphatic carbocycles. The molecule has 0 aliphatic rings. The normalized spacial score (nSPS) is 10.7. The summed E-state index contributed by atoms with van der Waals surface area (Å²) in [5.41, 5.74) is 8.73. The van der Waals surface area contributed by atoms with Crippen LogP contribution < -0.4 is 5.73 Å². The number of hydrogen-bond acceptors (Lipinski definition) is 2. The van der Waals surface area contributed by atoms with E-state index >= 15 is 0 Å². The summed E-state index contributed by atoms with van der Waals surface area (Å²) in [5, 5.41) is 7.63. The minimum absolute atomic E-state index is 0.552. The number of nitrogens with zero attached hydrogens (tertiary/aromatic N) is 1. The van der Waals surface area contributed by atoms with Crippen molar-refractivity contribution < 1.29 is 0 Å². The lowest BCUT2D eigenvalue weighted by Gasteiger charge is -2.03. The van der Waals surface area contributed by atoms with Crippen LogP contribution in [0.15, 0.2) is 22.7 Å². The van der Waals surface area contributed by atoms with Crippen LogP contribution in [0.5, 0.6) is 0 Å². The van der Waals surface area contributed by atoms with Crippen LogP contribution in [-0.4, -0.2) is 10.2 Å². The van der Waals surface area contributed by atoms with Crippen molar-refractivity contribution in [2.24, 2.45) is 0 Å². The van der Waals surface area contributed by atoms with Gasteiger partial charge in [0.1, 0.15) is 5.82 Å². The molecular formula is C11H11BrClN3. The molecule has 0 radical (unpaired) electrons. The zero-order chi connectivity index (χ0) is 11.7. The first-order valence-corrected chi connectivity index (χ1v) is 6.08. The summed E-state index contributed by atoms with van der Waals surface area (Å²) < 4.78 is 0.878. The van der Waals surface area contributed by atoms with E-state index in [1.807, 2.05) is 25.1 Å². The Balaban J connectivity index is 2.54. The molecule has 84 valence electrons. The second-order valence-corrected chi connectivity index (χ2v) is 4.71. The van der Waals surface area contributed by atoms with Gasteiger partial charge in [0.05, 0.1) is 10.7 Å². The minimum atomic E-state index is 0.552. The Morgan fingerprint density at radius 3 is 2.88 bits per heavy atom. The van der Waals surface area contributed by atoms with Gasteiger partial charge in [-0.1, -0.05) is 24.6 Å². The molecule has 5 heteroatoms. The van der Waals surface area contributed by atoms with Crippen molar-refractivity contribution in [1.29, 1.82) is 0 Å². The number of nitrogens with one attached hydrogen (secondary N) is 1. The van der Waals surface area contributed by atoms with Gasteiger partial charge in [-0.15, -0.1) is 0 Å². The third-order valence-corrected chi connectivity index (χ3v) is 3.69. The van der Waals surface area contributed by atoms with E-state index in [1.54, 1.807) is 0 Å². The van der Waals surface area contributed by atoms with Gasteiger partial charge in [-0.3, -0.25) is 5.10 Å². The van der Waals surface area contributed by atoms with Crippen LogP contribution in [0.1, 0.15) is 12.5 Å². The monoisotopic (exact) mass is 299 g/mol. The van der Waals surface area contributed by atoms with E-state index < -0.39 is 0 Å². The molecule has 1 heterocycles. The number of aromatic amines is 1. The van der Waals surface area contributed by atoms with Crippen molar-refractivity contribution in [1.82, 2.24) is 10.2 Å². The summed E-state index contributed by atoms with van der Waals surface area (Å²) in [6.45, 7) is 2.05. The summed E-state index contributed by atoms with van der Waals surface area (Å²) in [6, 6.07) is 5.77. The smallest absolute Gasteiger partial charge is 0.149 e. The molecule has 3 N–H and O–H groups in total. The standard InChI is InChI=1S/C11H11BrClN3/c1-2-7-10(15-16-11(7)14)6-3-4-8(12)9(13)5-6/h3-5H,2H2,1H3,(H3,14,15,16). The number of halogens is 2. The lowest BCUT2D eigenvalue weighted by atomic mass is 10.1. The molecule has 0 saturated carbocycles. The lowest BCUT2D eigenvalue weighted by Crippen LogP contribution is -1.90. The van der Waals surface area contributed by atoms with Crippen LogP contribution in [0.25, 0.3) is 11.3 Å². The number of rotatable bonds is 2. The third kappa shape index (κ3) is 1.95. The van der Waals surface area contributed by atoms with Gasteiger partial charge in [-0.05, 0) is 34.5 Å². The molecule has 0 atom stereocenters. The molecule has 16 heavy (non-hydrogen) atoms. The molecule has 0 unspecified atom stereocenters. The van der Waals surface area contributed by atoms with Crippen LogP contribution in [-0.2, 0) is 6.42 Å². The SMILES string of the molecule is CCc1c(N)n[nH]c1-c1ccc(Br)c(Cl)c1. The largest absolute Gasteiger partial charge is 0.382 e. The van der Waals surface area contributed by atoms with Crippen molar-refractivity contribution >= 4 is 33.3 Å². The molecule has 0 saturated heterocycles. The maximum atomic E-state index is 6.05. The quantitative estimate of drug-likeness (QED) is 0.889. The predicted molar refractivity (Wildman–Crippen MR) is 70.5 cm³/mol. The Bertz CT molecular complexity index is 522. The first-order valence-electron chi connectivity index (χ1n) is 4.91. The first-order chi connectivity index (χ1) is 7.63. The number of H-pyrrole nitrogens is 1. The van der Waals surface area contributed by atoms with Crippen LogP contribution >= 0.6 is 27.5 Å². The van der Waals surface area contributed by atoms with E-state index in [2.05, 4.69) is 26.1 Å². The van der Waals surface area contributed by atoms with Crippen molar-refractivity contribution in [2.75, 3.05) is 5.73 Å². The Labute approximate surface area is 107 Å². The fraction of sp³-hybridized carbons (Fsp3) is 0.182. The topological polar surface area (TPSA) is 54.7 Å². The van der Waals surface area contributed by atoms with Crippen LogP contribution in [0.4, 0.5) is 5.82 Å². The summed E-state index contributed by atoms with van der Waals surface area (Å²) in [5.74, 6) is 0.552. The lowest BCUT2D eigenvalue weighted by molar-refractivity contribution is 1.10. The number of nitrogen functional groups attached to an aromatic ring is 1. The highest BCUT2D eigenvalue weighted by molar-refractivity contribution is 9.10. The molecule has 0 amide bonds. The molecule has 3 nitrogen and oxygen atoms in total. The zero-order valence-corrected chi connectivity index (χ0v) is 11.1. The fourth-order valence-corrected chi connectivity index (χ4v) is 2.05. The highest BCUT2D eigenvalue weighted by Gasteiger charge is 2.11. The van der Waals surface area contributed by atoms with Crippen LogP contribution in [0.3, 0.4) is 0 Å². The number of benzene rings is 1. The van der Waals surface area contributed by atoms with Gasteiger partial charge in [0.15, 0.2) is 0 Å².